The number of hydrogen-bond donors (Lipinski definition) is 2. The highest BCUT2D eigenvalue weighted by Crippen LogP contribution is 2.16. The number of terminal acetylenes is 1. The van der Waals surface area contributed by atoms with Crippen LogP contribution in [0.2, 0.25) is 5.02 Å². The number of amides is 1. The summed E-state index contributed by atoms with van der Waals surface area (Å²) in [6, 6.07) is 4.65. The molecule has 1 unspecified atom stereocenters. The zero-order chi connectivity index (χ0) is 12.1. The maximum Gasteiger partial charge on any atom is 0.251 e. The van der Waals surface area contributed by atoms with Gasteiger partial charge in [0.2, 0.25) is 0 Å². The van der Waals surface area contributed by atoms with Crippen LogP contribution < -0.4 is 11.1 Å². The molecule has 0 fully saturated rings. The Morgan fingerprint density at radius 3 is 2.88 bits per heavy atom. The van der Waals surface area contributed by atoms with E-state index in [0.717, 1.165) is 0 Å². The fourth-order valence-electron chi connectivity index (χ4n) is 1.28. The smallest absolute Gasteiger partial charge is 0.251 e. The van der Waals surface area contributed by atoms with Gasteiger partial charge in [0.15, 0.2) is 0 Å². The molecule has 0 radical (unpaired) electrons. The summed E-state index contributed by atoms with van der Waals surface area (Å²) >= 11 is 5.80. The molecule has 1 rings (SSSR count). The Kier molecular flexibility index (Phi) is 4.21. The first-order chi connectivity index (χ1) is 7.52. The minimum Gasteiger partial charge on any atom is -0.399 e. The van der Waals surface area contributed by atoms with E-state index in [-0.39, 0.29) is 11.9 Å². The van der Waals surface area contributed by atoms with Crippen LogP contribution in [0.15, 0.2) is 18.2 Å². The summed E-state index contributed by atoms with van der Waals surface area (Å²) in [5.41, 5.74) is 6.49. The number of nitrogens with two attached hydrogens (primary N) is 1. The highest BCUT2D eigenvalue weighted by atomic mass is 35.5. The largest absolute Gasteiger partial charge is 0.399 e. The number of benzene rings is 1. The van der Waals surface area contributed by atoms with Gasteiger partial charge in [0.25, 0.3) is 5.91 Å². The van der Waals surface area contributed by atoms with E-state index in [9.17, 15) is 4.79 Å². The van der Waals surface area contributed by atoms with Gasteiger partial charge >= 0.3 is 0 Å². The van der Waals surface area contributed by atoms with Crippen LogP contribution in [-0.4, -0.2) is 11.9 Å². The van der Waals surface area contributed by atoms with Gasteiger partial charge in [-0.15, -0.1) is 12.3 Å². The zero-order valence-electron chi connectivity index (χ0n) is 8.96. The number of carbonyl (C=O) groups excluding carboxylic acids is 1. The number of anilines is 1. The van der Waals surface area contributed by atoms with E-state index in [2.05, 4.69) is 11.2 Å². The summed E-state index contributed by atoms with van der Waals surface area (Å²) in [7, 11) is 0. The van der Waals surface area contributed by atoms with Crippen LogP contribution in [0.5, 0.6) is 0 Å². The molecule has 0 aliphatic carbocycles. The second-order valence-corrected chi connectivity index (χ2v) is 3.99. The normalized spacial score (nSPS) is 11.6. The lowest BCUT2D eigenvalue weighted by atomic mass is 10.1. The Bertz CT molecular complexity index is 417. The molecule has 0 saturated heterocycles. The Labute approximate surface area is 100.0 Å². The Balaban J connectivity index is 2.77. The number of rotatable bonds is 3. The molecular formula is C12H13ClN2O. The lowest BCUT2D eigenvalue weighted by molar-refractivity contribution is 0.0941. The summed E-state index contributed by atoms with van der Waals surface area (Å²) in [5.74, 6) is 2.26. The molecule has 0 aliphatic heterocycles. The van der Waals surface area contributed by atoms with Gasteiger partial charge < -0.3 is 11.1 Å². The van der Waals surface area contributed by atoms with Gasteiger partial charge in [-0.05, 0) is 25.1 Å². The summed E-state index contributed by atoms with van der Waals surface area (Å²) in [6.45, 7) is 1.84. The van der Waals surface area contributed by atoms with Gasteiger partial charge in [-0.2, -0.15) is 0 Å². The van der Waals surface area contributed by atoms with Gasteiger partial charge in [0.1, 0.15) is 0 Å². The van der Waals surface area contributed by atoms with Crippen LogP contribution >= 0.6 is 11.6 Å². The molecule has 0 spiro atoms. The molecule has 16 heavy (non-hydrogen) atoms. The molecule has 1 aromatic carbocycles. The summed E-state index contributed by atoms with van der Waals surface area (Å²) in [6.07, 6.45) is 5.64. The van der Waals surface area contributed by atoms with Crippen molar-refractivity contribution < 1.29 is 4.79 Å². The molecule has 0 aliphatic rings. The van der Waals surface area contributed by atoms with E-state index in [1.165, 1.54) is 0 Å². The van der Waals surface area contributed by atoms with Crippen molar-refractivity contribution in [2.45, 2.75) is 19.4 Å². The molecule has 3 N–H and O–H groups in total. The lowest BCUT2D eigenvalue weighted by Gasteiger charge is -2.11. The van der Waals surface area contributed by atoms with Gasteiger partial charge in [-0.1, -0.05) is 11.6 Å². The molecule has 4 heteroatoms. The monoisotopic (exact) mass is 236 g/mol. The second kappa shape index (κ2) is 5.43. The van der Waals surface area contributed by atoms with Crippen LogP contribution in [0.1, 0.15) is 23.7 Å². The number of hydrogen-bond acceptors (Lipinski definition) is 2. The SMILES string of the molecule is C#CCC(C)NC(=O)c1cc(N)cc(Cl)c1. The van der Waals surface area contributed by atoms with Crippen LogP contribution in [-0.2, 0) is 0 Å². The molecule has 1 aromatic rings. The van der Waals surface area contributed by atoms with Crippen molar-refractivity contribution in [3.63, 3.8) is 0 Å². The topological polar surface area (TPSA) is 55.1 Å². The molecule has 0 saturated carbocycles. The van der Waals surface area contributed by atoms with E-state index < -0.39 is 0 Å². The fourth-order valence-corrected chi connectivity index (χ4v) is 1.52. The molecule has 0 aromatic heterocycles. The molecule has 3 nitrogen and oxygen atoms in total. The number of nitrogen functional groups attached to an aromatic ring is 1. The average molecular weight is 237 g/mol. The van der Waals surface area contributed by atoms with Crippen molar-refractivity contribution >= 4 is 23.2 Å². The summed E-state index contributed by atoms with van der Waals surface area (Å²) in [4.78, 5) is 11.7. The quantitative estimate of drug-likeness (QED) is 0.624. The molecule has 1 amide bonds. The van der Waals surface area contributed by atoms with Crippen molar-refractivity contribution in [3.05, 3.63) is 28.8 Å². The van der Waals surface area contributed by atoms with E-state index in [0.29, 0.717) is 22.7 Å². The molecule has 84 valence electrons. The highest BCUT2D eigenvalue weighted by molar-refractivity contribution is 6.31. The number of nitrogens with one attached hydrogen (secondary N) is 1. The summed E-state index contributed by atoms with van der Waals surface area (Å²) in [5, 5.41) is 3.20. The maximum atomic E-state index is 11.7. The van der Waals surface area contributed by atoms with Crippen molar-refractivity contribution in [1.29, 1.82) is 0 Å². The third kappa shape index (κ3) is 3.48. The van der Waals surface area contributed by atoms with Crippen molar-refractivity contribution in [1.82, 2.24) is 5.32 Å². The minimum absolute atomic E-state index is 0.0716. The van der Waals surface area contributed by atoms with Crippen LogP contribution in [0.3, 0.4) is 0 Å². The first-order valence-corrected chi connectivity index (χ1v) is 5.21. The van der Waals surface area contributed by atoms with E-state index in [1.54, 1.807) is 18.2 Å². The number of halogens is 1. The fraction of sp³-hybridized carbons (Fsp3) is 0.250. The molecule has 0 heterocycles. The predicted molar refractivity (Wildman–Crippen MR) is 66.2 cm³/mol. The van der Waals surface area contributed by atoms with E-state index >= 15 is 0 Å². The Morgan fingerprint density at radius 1 is 1.62 bits per heavy atom. The standard InChI is InChI=1S/C12H13ClN2O/c1-3-4-8(2)15-12(16)9-5-10(13)7-11(14)6-9/h1,5-8H,4,14H2,2H3,(H,15,16). The van der Waals surface area contributed by atoms with E-state index in [1.807, 2.05) is 6.92 Å². The number of carbonyl (C=O) groups is 1. The first-order valence-electron chi connectivity index (χ1n) is 4.83. The molecule has 1 atom stereocenters. The predicted octanol–water partition coefficient (Wildman–Crippen LogP) is 2.06. The first kappa shape index (κ1) is 12.4. The Hall–Kier alpha value is -1.66. The maximum absolute atomic E-state index is 11.7. The van der Waals surface area contributed by atoms with Crippen molar-refractivity contribution in [2.24, 2.45) is 0 Å². The zero-order valence-corrected chi connectivity index (χ0v) is 9.71. The van der Waals surface area contributed by atoms with Gasteiger partial charge in [-0.25, -0.2) is 0 Å². The average Bonchev–Trinajstić information content (AvgIpc) is 2.16. The third-order valence-electron chi connectivity index (χ3n) is 1.98. The minimum atomic E-state index is -0.225. The second-order valence-electron chi connectivity index (χ2n) is 3.56. The third-order valence-corrected chi connectivity index (χ3v) is 2.20. The van der Waals surface area contributed by atoms with Crippen LogP contribution in [0.4, 0.5) is 5.69 Å². The van der Waals surface area contributed by atoms with E-state index in [4.69, 9.17) is 23.8 Å². The van der Waals surface area contributed by atoms with Gasteiger partial charge in [0, 0.05) is 28.7 Å². The van der Waals surface area contributed by atoms with Crippen molar-refractivity contribution in [3.8, 4) is 12.3 Å². The lowest BCUT2D eigenvalue weighted by Crippen LogP contribution is -2.32. The van der Waals surface area contributed by atoms with Gasteiger partial charge in [-0.3, -0.25) is 4.79 Å². The van der Waals surface area contributed by atoms with Crippen molar-refractivity contribution in [2.75, 3.05) is 5.73 Å². The van der Waals surface area contributed by atoms with Gasteiger partial charge in [0.05, 0.1) is 0 Å². The highest BCUT2D eigenvalue weighted by Gasteiger charge is 2.10. The van der Waals surface area contributed by atoms with Crippen LogP contribution in [0.25, 0.3) is 0 Å². The molecule has 0 bridgehead atoms. The molecular weight excluding hydrogens is 224 g/mol. The Morgan fingerprint density at radius 2 is 2.31 bits per heavy atom. The summed E-state index contributed by atoms with van der Waals surface area (Å²) < 4.78 is 0. The van der Waals surface area contributed by atoms with Crippen LogP contribution in [0, 0.1) is 12.3 Å².